The fraction of sp³-hybridized carbons (Fsp3) is 0.458. The lowest BCUT2D eigenvalue weighted by atomic mass is 9.93. The van der Waals surface area contributed by atoms with Gasteiger partial charge in [0.05, 0.1) is 14.2 Å². The van der Waals surface area contributed by atoms with Crippen molar-refractivity contribution in [2.75, 3.05) is 27.3 Å². The second-order valence-corrected chi connectivity index (χ2v) is 7.97. The van der Waals surface area contributed by atoms with Gasteiger partial charge in [0, 0.05) is 43.2 Å². The van der Waals surface area contributed by atoms with Crippen LogP contribution in [0.3, 0.4) is 0 Å². The Hall–Kier alpha value is -2.67. The van der Waals surface area contributed by atoms with Crippen molar-refractivity contribution in [3.63, 3.8) is 0 Å². The van der Waals surface area contributed by atoms with Crippen molar-refractivity contribution < 1.29 is 23.0 Å². The van der Waals surface area contributed by atoms with E-state index in [4.69, 9.17) is 9.47 Å². The van der Waals surface area contributed by atoms with Crippen LogP contribution in [0.4, 0.5) is 8.78 Å². The van der Waals surface area contributed by atoms with E-state index in [-0.39, 0.29) is 11.7 Å². The van der Waals surface area contributed by atoms with E-state index in [9.17, 15) is 13.6 Å². The molecule has 5 nitrogen and oxygen atoms in total. The first-order chi connectivity index (χ1) is 15.0. The summed E-state index contributed by atoms with van der Waals surface area (Å²) in [5.74, 6) is 0.934. The summed E-state index contributed by atoms with van der Waals surface area (Å²) in [4.78, 5) is 14.5. The minimum atomic E-state index is -0.421. The number of likely N-dealkylation sites (tertiary alicyclic amines) is 1. The van der Waals surface area contributed by atoms with Crippen LogP contribution in [0.15, 0.2) is 36.4 Å². The molecular weight excluding hydrogens is 402 g/mol. The Morgan fingerprint density at radius 2 is 1.97 bits per heavy atom. The molecule has 2 aromatic carbocycles. The zero-order valence-corrected chi connectivity index (χ0v) is 18.1. The molecule has 2 aromatic rings. The molecule has 0 spiro atoms. The highest BCUT2D eigenvalue weighted by Crippen LogP contribution is 2.25. The van der Waals surface area contributed by atoms with Gasteiger partial charge in [-0.15, -0.1) is 0 Å². The van der Waals surface area contributed by atoms with Gasteiger partial charge in [0.25, 0.3) is 0 Å². The van der Waals surface area contributed by atoms with Crippen LogP contribution in [0, 0.1) is 17.6 Å². The molecule has 0 aliphatic carbocycles. The Morgan fingerprint density at radius 1 is 1.13 bits per heavy atom. The van der Waals surface area contributed by atoms with E-state index in [0.29, 0.717) is 42.5 Å². The van der Waals surface area contributed by atoms with Crippen LogP contribution in [0.1, 0.15) is 36.8 Å². The summed E-state index contributed by atoms with van der Waals surface area (Å²) in [7, 11) is 3.18. The van der Waals surface area contributed by atoms with Crippen LogP contribution in [0.2, 0.25) is 0 Å². The average molecular weight is 433 g/mol. The molecule has 0 saturated carbocycles. The minimum Gasteiger partial charge on any atom is -0.497 e. The molecule has 1 aliphatic heterocycles. The van der Waals surface area contributed by atoms with Crippen molar-refractivity contribution in [2.24, 2.45) is 5.92 Å². The van der Waals surface area contributed by atoms with Gasteiger partial charge in [-0.25, -0.2) is 8.78 Å². The number of hydrogen-bond acceptors (Lipinski definition) is 4. The highest BCUT2D eigenvalue weighted by Gasteiger charge is 2.21. The van der Waals surface area contributed by atoms with Crippen LogP contribution in [-0.2, 0) is 17.9 Å². The highest BCUT2D eigenvalue weighted by molar-refractivity contribution is 5.75. The first kappa shape index (κ1) is 23.0. The molecule has 1 saturated heterocycles. The molecule has 1 heterocycles. The molecule has 0 bridgehead atoms. The third-order valence-corrected chi connectivity index (χ3v) is 5.75. The topological polar surface area (TPSA) is 50.8 Å². The number of methoxy groups -OCH3 is 2. The van der Waals surface area contributed by atoms with Gasteiger partial charge in [-0.2, -0.15) is 0 Å². The van der Waals surface area contributed by atoms with Gasteiger partial charge >= 0.3 is 0 Å². The molecular formula is C24H30F2N2O3. The SMILES string of the molecule is COc1ccc(CNC(=O)CCC2CCCN(Cc3cc(F)ccc3F)C2)c(OC)c1. The zero-order chi connectivity index (χ0) is 22.2. The number of halogens is 2. The zero-order valence-electron chi connectivity index (χ0n) is 18.1. The second-order valence-electron chi connectivity index (χ2n) is 7.97. The molecule has 1 aliphatic rings. The lowest BCUT2D eigenvalue weighted by molar-refractivity contribution is -0.121. The Bertz CT molecular complexity index is 891. The summed E-state index contributed by atoms with van der Waals surface area (Å²) in [6, 6.07) is 9.08. The van der Waals surface area contributed by atoms with Gasteiger partial charge in [-0.1, -0.05) is 0 Å². The maximum absolute atomic E-state index is 13.9. The van der Waals surface area contributed by atoms with Gasteiger partial charge in [-0.05, 0) is 62.1 Å². The molecule has 1 amide bonds. The third kappa shape index (κ3) is 6.66. The highest BCUT2D eigenvalue weighted by atomic mass is 19.1. The van der Waals surface area contributed by atoms with E-state index in [1.165, 1.54) is 12.1 Å². The predicted molar refractivity (Wildman–Crippen MR) is 115 cm³/mol. The lowest BCUT2D eigenvalue weighted by Crippen LogP contribution is -2.35. The number of benzene rings is 2. The standard InChI is InChI=1S/C24H30F2N2O3/c1-30-21-8-6-18(23(13-21)31-2)14-27-24(29)10-5-17-4-3-11-28(15-17)16-19-12-20(25)7-9-22(19)26/h6-9,12-13,17H,3-5,10-11,14-16H2,1-2H3,(H,27,29). The Morgan fingerprint density at radius 3 is 2.74 bits per heavy atom. The number of amides is 1. The van der Waals surface area contributed by atoms with E-state index in [2.05, 4.69) is 10.2 Å². The molecule has 1 fully saturated rings. The molecule has 1 unspecified atom stereocenters. The quantitative estimate of drug-likeness (QED) is 0.642. The Balaban J connectivity index is 1.45. The van der Waals surface area contributed by atoms with E-state index in [1.54, 1.807) is 20.3 Å². The lowest BCUT2D eigenvalue weighted by Gasteiger charge is -2.32. The maximum Gasteiger partial charge on any atom is 0.220 e. The first-order valence-corrected chi connectivity index (χ1v) is 10.6. The number of nitrogens with zero attached hydrogens (tertiary/aromatic N) is 1. The van der Waals surface area contributed by atoms with Crippen LogP contribution in [0.5, 0.6) is 11.5 Å². The predicted octanol–water partition coefficient (Wildman–Crippen LogP) is 4.29. The van der Waals surface area contributed by atoms with Crippen molar-refractivity contribution in [3.8, 4) is 11.5 Å². The van der Waals surface area contributed by atoms with Gasteiger partial charge in [0.15, 0.2) is 0 Å². The van der Waals surface area contributed by atoms with Crippen molar-refractivity contribution >= 4 is 5.91 Å². The van der Waals surface area contributed by atoms with Crippen molar-refractivity contribution in [2.45, 2.75) is 38.8 Å². The van der Waals surface area contributed by atoms with Crippen LogP contribution >= 0.6 is 0 Å². The number of carbonyl (C=O) groups is 1. The summed E-state index contributed by atoms with van der Waals surface area (Å²) in [6.07, 6.45) is 3.24. The summed E-state index contributed by atoms with van der Waals surface area (Å²) in [5.41, 5.74) is 1.27. The number of piperidine rings is 1. The maximum atomic E-state index is 13.9. The number of hydrogen-bond donors (Lipinski definition) is 1. The molecule has 0 radical (unpaired) electrons. The Labute approximate surface area is 182 Å². The Kier molecular flexibility index (Phi) is 8.23. The van der Waals surface area contributed by atoms with Crippen LogP contribution in [0.25, 0.3) is 0 Å². The fourth-order valence-electron chi connectivity index (χ4n) is 4.05. The van der Waals surface area contributed by atoms with Crippen LogP contribution < -0.4 is 14.8 Å². The van der Waals surface area contributed by atoms with Crippen molar-refractivity contribution in [1.82, 2.24) is 10.2 Å². The molecule has 31 heavy (non-hydrogen) atoms. The molecule has 3 rings (SSSR count). The van der Waals surface area contributed by atoms with Crippen molar-refractivity contribution in [3.05, 3.63) is 59.2 Å². The largest absolute Gasteiger partial charge is 0.497 e. The fourth-order valence-corrected chi connectivity index (χ4v) is 4.05. The number of nitrogens with one attached hydrogen (secondary N) is 1. The molecule has 0 aromatic heterocycles. The normalized spacial score (nSPS) is 16.7. The third-order valence-electron chi connectivity index (χ3n) is 5.75. The molecule has 1 N–H and O–H groups in total. The van der Waals surface area contributed by atoms with Gasteiger partial charge in [-0.3, -0.25) is 9.69 Å². The van der Waals surface area contributed by atoms with Crippen LogP contribution in [-0.4, -0.2) is 38.1 Å². The first-order valence-electron chi connectivity index (χ1n) is 10.6. The molecule has 1 atom stereocenters. The van der Waals surface area contributed by atoms with E-state index in [1.807, 2.05) is 12.1 Å². The summed E-state index contributed by atoms with van der Waals surface area (Å²) >= 11 is 0. The summed E-state index contributed by atoms with van der Waals surface area (Å²) < 4.78 is 37.9. The molecule has 7 heteroatoms. The molecule has 168 valence electrons. The van der Waals surface area contributed by atoms with Gasteiger partial charge in [0.2, 0.25) is 5.91 Å². The van der Waals surface area contributed by atoms with Crippen molar-refractivity contribution in [1.29, 1.82) is 0 Å². The smallest absolute Gasteiger partial charge is 0.220 e. The minimum absolute atomic E-state index is 0.00818. The number of carbonyl (C=O) groups excluding carboxylic acids is 1. The number of ether oxygens (including phenoxy) is 2. The van der Waals surface area contributed by atoms with Gasteiger partial charge < -0.3 is 14.8 Å². The van der Waals surface area contributed by atoms with E-state index < -0.39 is 5.82 Å². The second kappa shape index (κ2) is 11.1. The average Bonchev–Trinajstić information content (AvgIpc) is 2.78. The summed E-state index contributed by atoms with van der Waals surface area (Å²) in [5, 5.41) is 2.95. The summed E-state index contributed by atoms with van der Waals surface area (Å²) in [6.45, 7) is 2.43. The van der Waals surface area contributed by atoms with Gasteiger partial charge in [0.1, 0.15) is 23.1 Å². The number of rotatable bonds is 9. The van der Waals surface area contributed by atoms with E-state index >= 15 is 0 Å². The van der Waals surface area contributed by atoms with E-state index in [0.717, 1.165) is 44.0 Å². The monoisotopic (exact) mass is 432 g/mol.